The Balaban J connectivity index is 1.86. The number of allylic oxidation sites excluding steroid dienone is 1. The summed E-state index contributed by atoms with van der Waals surface area (Å²) >= 11 is 0. The van der Waals surface area contributed by atoms with Crippen LogP contribution in [0.15, 0.2) is 18.2 Å². The third-order valence-corrected chi connectivity index (χ3v) is 9.91. The van der Waals surface area contributed by atoms with Crippen molar-refractivity contribution < 1.29 is 19.8 Å². The first kappa shape index (κ1) is 33.1. The molecule has 0 amide bonds. The van der Waals surface area contributed by atoms with E-state index in [0.29, 0.717) is 29.6 Å². The van der Waals surface area contributed by atoms with Gasteiger partial charge in [0.1, 0.15) is 0 Å². The first-order chi connectivity index (χ1) is 22.0. The molecule has 0 spiro atoms. The van der Waals surface area contributed by atoms with Crippen molar-refractivity contribution in [2.24, 2.45) is 0 Å². The van der Waals surface area contributed by atoms with Crippen molar-refractivity contribution >= 4 is 45.2 Å². The highest BCUT2D eigenvalue weighted by atomic mass is 16.4. The van der Waals surface area contributed by atoms with Crippen LogP contribution in [0.3, 0.4) is 0 Å². The van der Waals surface area contributed by atoms with Crippen LogP contribution in [-0.4, -0.2) is 55.2 Å². The number of hydrogen-bond acceptors (Lipinski definition) is 5. The minimum absolute atomic E-state index is 0.00213. The van der Waals surface area contributed by atoms with Gasteiger partial charge in [-0.25, -0.2) is 9.78 Å². The Morgan fingerprint density at radius 3 is 2.30 bits per heavy atom. The topological polar surface area (TPSA) is 144 Å². The van der Waals surface area contributed by atoms with E-state index in [-0.39, 0.29) is 23.8 Å². The lowest BCUT2D eigenvalue weighted by Gasteiger charge is -2.16. The number of carbonyl (C=O) groups is 2. The summed E-state index contributed by atoms with van der Waals surface area (Å²) in [5, 5.41) is 23.6. The number of rotatable bonds is 11. The number of aromatic amines is 2. The molecule has 3 aromatic rings. The van der Waals surface area contributed by atoms with Gasteiger partial charge in [-0.05, 0) is 105 Å². The van der Waals surface area contributed by atoms with Gasteiger partial charge in [0.05, 0.1) is 22.5 Å². The van der Waals surface area contributed by atoms with Crippen LogP contribution in [0.4, 0.5) is 0 Å². The van der Waals surface area contributed by atoms with Gasteiger partial charge in [0.2, 0.25) is 0 Å². The summed E-state index contributed by atoms with van der Waals surface area (Å²) in [4.78, 5) is 41.7. The van der Waals surface area contributed by atoms with Gasteiger partial charge < -0.3 is 25.5 Å². The van der Waals surface area contributed by atoms with Gasteiger partial charge in [-0.2, -0.15) is 0 Å². The Hall–Kier alpha value is -4.24. The van der Waals surface area contributed by atoms with E-state index in [4.69, 9.17) is 9.97 Å². The Bertz CT molecular complexity index is 1880. The molecule has 0 unspecified atom stereocenters. The molecule has 5 rings (SSSR count). The van der Waals surface area contributed by atoms with Crippen LogP contribution in [-0.2, 0) is 11.2 Å². The highest BCUT2D eigenvalue weighted by Gasteiger charge is 2.32. The first-order valence-electron chi connectivity index (χ1n) is 16.6. The quantitative estimate of drug-likeness (QED) is 0.136. The molecule has 0 radical (unpaired) electrons. The predicted octanol–water partition coefficient (Wildman–Crippen LogP) is 7.96. The SMILES string of the molecule is CCCCCNCC1=C(C)c2cc3nc(c(C)c4[nH]c(cc5[nH]c(cc1n2)c(C)c5CC)c(C)c4C(=O)O)[C@@H](CCC(=O)O)[C@@H]3C. The van der Waals surface area contributed by atoms with E-state index in [9.17, 15) is 19.8 Å². The zero-order chi connectivity index (χ0) is 33.3. The van der Waals surface area contributed by atoms with E-state index >= 15 is 0 Å². The molecule has 0 aromatic carbocycles. The number of nitrogens with one attached hydrogen (secondary N) is 3. The fraction of sp³-hybridized carbons (Fsp3) is 0.459. The van der Waals surface area contributed by atoms with Crippen molar-refractivity contribution in [3.8, 4) is 0 Å². The molecule has 0 aliphatic carbocycles. The highest BCUT2D eigenvalue weighted by molar-refractivity contribution is 6.02. The maximum absolute atomic E-state index is 12.7. The van der Waals surface area contributed by atoms with E-state index in [1.807, 2.05) is 26.0 Å². The number of hydrogen-bond donors (Lipinski definition) is 5. The fourth-order valence-electron chi connectivity index (χ4n) is 7.04. The molecule has 9 heteroatoms. The molecule has 2 aliphatic rings. The number of carboxylic acids is 2. The largest absolute Gasteiger partial charge is 0.481 e. The smallest absolute Gasteiger partial charge is 0.338 e. The number of aliphatic carboxylic acids is 1. The molecule has 0 fully saturated rings. The zero-order valence-electron chi connectivity index (χ0n) is 28.1. The summed E-state index contributed by atoms with van der Waals surface area (Å²) in [5.74, 6) is -2.14. The molecule has 46 heavy (non-hydrogen) atoms. The Morgan fingerprint density at radius 2 is 1.63 bits per heavy atom. The number of H-pyrrole nitrogens is 2. The van der Waals surface area contributed by atoms with Crippen molar-refractivity contribution in [2.75, 3.05) is 13.1 Å². The van der Waals surface area contributed by atoms with Crippen LogP contribution >= 0.6 is 0 Å². The van der Waals surface area contributed by atoms with Crippen LogP contribution < -0.4 is 5.32 Å². The van der Waals surface area contributed by atoms with Crippen molar-refractivity contribution in [3.63, 3.8) is 0 Å². The average molecular weight is 626 g/mol. The van der Waals surface area contributed by atoms with Gasteiger partial charge in [-0.15, -0.1) is 0 Å². The summed E-state index contributed by atoms with van der Waals surface area (Å²) in [6.45, 7) is 16.0. The van der Waals surface area contributed by atoms with Gasteiger partial charge >= 0.3 is 11.9 Å². The van der Waals surface area contributed by atoms with Gasteiger partial charge in [0.25, 0.3) is 0 Å². The summed E-state index contributed by atoms with van der Waals surface area (Å²) < 4.78 is 0. The molecule has 8 bridgehead atoms. The van der Waals surface area contributed by atoms with Crippen molar-refractivity contribution in [2.45, 2.75) is 98.8 Å². The van der Waals surface area contributed by atoms with E-state index in [2.05, 4.69) is 56.0 Å². The van der Waals surface area contributed by atoms with Crippen molar-refractivity contribution in [3.05, 3.63) is 68.8 Å². The minimum Gasteiger partial charge on any atom is -0.481 e. The third kappa shape index (κ3) is 6.25. The van der Waals surface area contributed by atoms with Crippen LogP contribution in [0.25, 0.3) is 33.2 Å². The number of fused-ring (bicyclic) bond motifs is 8. The Morgan fingerprint density at radius 1 is 0.891 bits per heavy atom. The van der Waals surface area contributed by atoms with E-state index in [1.165, 1.54) is 18.4 Å². The van der Waals surface area contributed by atoms with E-state index in [0.717, 1.165) is 75.5 Å². The van der Waals surface area contributed by atoms with Gasteiger partial charge in [-0.3, -0.25) is 9.78 Å². The lowest BCUT2D eigenvalue weighted by molar-refractivity contribution is -0.137. The molecule has 2 atom stereocenters. The predicted molar refractivity (Wildman–Crippen MR) is 184 cm³/mol. The average Bonchev–Trinajstić information content (AvgIpc) is 3.69. The van der Waals surface area contributed by atoms with Gasteiger partial charge in [0.15, 0.2) is 0 Å². The number of aromatic nitrogens is 4. The van der Waals surface area contributed by atoms with Crippen molar-refractivity contribution in [1.82, 2.24) is 25.3 Å². The maximum atomic E-state index is 12.7. The van der Waals surface area contributed by atoms with Crippen LogP contribution in [0, 0.1) is 20.8 Å². The molecular weight excluding hydrogens is 578 g/mol. The van der Waals surface area contributed by atoms with Crippen LogP contribution in [0.2, 0.25) is 0 Å². The molecule has 2 aliphatic heterocycles. The van der Waals surface area contributed by atoms with E-state index < -0.39 is 11.9 Å². The van der Waals surface area contributed by atoms with Gasteiger partial charge in [0, 0.05) is 52.7 Å². The summed E-state index contributed by atoms with van der Waals surface area (Å²) in [5.41, 5.74) is 12.6. The maximum Gasteiger partial charge on any atom is 0.338 e. The number of nitrogens with zero attached hydrogens (tertiary/aromatic N) is 2. The highest BCUT2D eigenvalue weighted by Crippen LogP contribution is 2.42. The zero-order valence-corrected chi connectivity index (χ0v) is 28.1. The second-order valence-corrected chi connectivity index (χ2v) is 12.8. The summed E-state index contributed by atoms with van der Waals surface area (Å²) in [6.07, 6.45) is 4.69. The second-order valence-electron chi connectivity index (χ2n) is 12.8. The van der Waals surface area contributed by atoms with E-state index in [1.54, 1.807) is 0 Å². The first-order valence-corrected chi connectivity index (χ1v) is 16.6. The molecule has 0 saturated carbocycles. The van der Waals surface area contributed by atoms with Crippen LogP contribution in [0.5, 0.6) is 0 Å². The molecule has 5 heterocycles. The van der Waals surface area contributed by atoms with Crippen LogP contribution in [0.1, 0.15) is 127 Å². The molecule has 9 nitrogen and oxygen atoms in total. The number of carboxylic acid groups (broad SMARTS) is 2. The lowest BCUT2D eigenvalue weighted by atomic mass is 9.85. The molecule has 0 saturated heterocycles. The number of aromatic carboxylic acids is 1. The monoisotopic (exact) mass is 625 g/mol. The molecule has 244 valence electrons. The second kappa shape index (κ2) is 13.6. The van der Waals surface area contributed by atoms with Gasteiger partial charge in [-0.1, -0.05) is 33.6 Å². The number of unbranched alkanes of at least 4 members (excludes halogenated alkanes) is 2. The lowest BCUT2D eigenvalue weighted by Crippen LogP contribution is -2.17. The molecule has 3 aromatic heterocycles. The molecule has 5 N–H and O–H groups in total. The molecular formula is C37H47N5O4. The third-order valence-electron chi connectivity index (χ3n) is 9.91. The Kier molecular flexibility index (Phi) is 9.82. The minimum atomic E-state index is -1.02. The summed E-state index contributed by atoms with van der Waals surface area (Å²) in [6, 6.07) is 6.18. The Labute approximate surface area is 270 Å². The fourth-order valence-corrected chi connectivity index (χ4v) is 7.04. The standard InChI is InChI=1S/C37H47N5O4/c1-8-10-11-14-38-18-26-21(5)27-15-29-20(4)25(12-13-33(43)44)35(41-29)23(7)36-34(37(45)46)22(6)30(42-36)17-31-24(9-2)19(3)28(39-31)16-32(26)40-27/h15-17,20,25,38-39,42H,8-14,18H2,1-7H3,(H,43,44)(H,45,46)/t20-,25-/m0/s1. The van der Waals surface area contributed by atoms with Crippen molar-refractivity contribution in [1.29, 1.82) is 0 Å². The normalized spacial score (nSPS) is 16.3. The number of aryl methyl sites for hydroxylation is 4. The summed E-state index contributed by atoms with van der Waals surface area (Å²) in [7, 11) is 0.